The highest BCUT2D eigenvalue weighted by atomic mass is 16.3. The second-order valence-electron chi connectivity index (χ2n) is 11.1. The van der Waals surface area contributed by atoms with Gasteiger partial charge >= 0.3 is 0 Å². The molecule has 2 aliphatic carbocycles. The van der Waals surface area contributed by atoms with Crippen molar-refractivity contribution in [3.63, 3.8) is 0 Å². The van der Waals surface area contributed by atoms with Crippen molar-refractivity contribution >= 4 is 11.7 Å². The number of aromatic nitrogens is 2. The van der Waals surface area contributed by atoms with Gasteiger partial charge in [0.25, 0.3) is 0 Å². The van der Waals surface area contributed by atoms with Gasteiger partial charge in [-0.05, 0) is 68.7 Å². The molecule has 1 N–H and O–H groups in total. The molecule has 2 aromatic rings. The predicted octanol–water partition coefficient (Wildman–Crippen LogP) is 3.42. The molecule has 7 nitrogen and oxygen atoms in total. The standard InChI is InChI=1S/C28H37N5O2/c1-18-16-23(34)26-24(18)27(30-17-29-26)32-12-14-33(15-13-32)28(35)25(22-4-3-11-31(22)2)21-9-7-20(8-10-21)19-5-6-19/h7-10,17-19,22-23,25,34H,3-6,11-16H2,1-2H3/t18-,22?,23-,25?/m1/s1. The van der Waals surface area contributed by atoms with Crippen LogP contribution in [0.5, 0.6) is 0 Å². The summed E-state index contributed by atoms with van der Waals surface area (Å²) in [5, 5.41) is 10.4. The number of anilines is 1. The number of aliphatic hydroxyl groups excluding tert-OH is 1. The molecule has 7 heteroatoms. The van der Waals surface area contributed by atoms with E-state index in [4.69, 9.17) is 0 Å². The molecule has 3 fully saturated rings. The third-order valence-electron chi connectivity index (χ3n) is 8.74. The largest absolute Gasteiger partial charge is 0.387 e. The Morgan fingerprint density at radius 3 is 2.43 bits per heavy atom. The van der Waals surface area contributed by atoms with E-state index in [2.05, 4.69) is 62.9 Å². The number of likely N-dealkylation sites (tertiary alicyclic amines) is 1. The second-order valence-corrected chi connectivity index (χ2v) is 11.1. The van der Waals surface area contributed by atoms with E-state index in [-0.39, 0.29) is 23.8 Å². The zero-order valence-corrected chi connectivity index (χ0v) is 20.9. The van der Waals surface area contributed by atoms with Crippen molar-refractivity contribution in [1.29, 1.82) is 0 Å². The van der Waals surface area contributed by atoms with Crippen LogP contribution in [-0.4, -0.2) is 76.6 Å². The van der Waals surface area contributed by atoms with Gasteiger partial charge in [-0.3, -0.25) is 4.79 Å². The van der Waals surface area contributed by atoms with Gasteiger partial charge in [-0.2, -0.15) is 0 Å². The normalized spacial score (nSPS) is 27.8. The monoisotopic (exact) mass is 475 g/mol. The van der Waals surface area contributed by atoms with Gasteiger partial charge < -0.3 is 19.8 Å². The number of carbonyl (C=O) groups is 1. The first-order chi connectivity index (χ1) is 17.0. The highest BCUT2D eigenvalue weighted by molar-refractivity contribution is 5.85. The first kappa shape index (κ1) is 22.9. The molecule has 4 aliphatic rings. The molecule has 1 saturated carbocycles. The van der Waals surface area contributed by atoms with Gasteiger partial charge in [0.2, 0.25) is 5.91 Å². The maximum atomic E-state index is 14.0. The summed E-state index contributed by atoms with van der Waals surface area (Å²) in [4.78, 5) is 29.7. The molecule has 2 aliphatic heterocycles. The summed E-state index contributed by atoms with van der Waals surface area (Å²) in [6.07, 6.45) is 6.60. The van der Waals surface area contributed by atoms with E-state index in [0.29, 0.717) is 19.5 Å². The Balaban J connectivity index is 1.20. The minimum absolute atomic E-state index is 0.110. The fourth-order valence-electron chi connectivity index (χ4n) is 6.57. The molecule has 186 valence electrons. The lowest BCUT2D eigenvalue weighted by Crippen LogP contribution is -2.52. The van der Waals surface area contributed by atoms with Crippen LogP contribution >= 0.6 is 0 Å². The number of benzene rings is 1. The van der Waals surface area contributed by atoms with Crippen molar-refractivity contribution in [2.75, 3.05) is 44.7 Å². The van der Waals surface area contributed by atoms with Crippen molar-refractivity contribution in [2.45, 2.75) is 68.9 Å². The van der Waals surface area contributed by atoms with Crippen LogP contribution < -0.4 is 4.90 Å². The third kappa shape index (κ3) is 4.23. The van der Waals surface area contributed by atoms with E-state index in [0.717, 1.165) is 61.0 Å². The number of aliphatic hydroxyl groups is 1. The third-order valence-corrected chi connectivity index (χ3v) is 8.74. The maximum absolute atomic E-state index is 14.0. The number of hydrogen-bond acceptors (Lipinski definition) is 6. The number of piperazine rings is 1. The Bertz CT molecular complexity index is 1080. The molecular weight excluding hydrogens is 438 g/mol. The number of hydrogen-bond donors (Lipinski definition) is 1. The van der Waals surface area contributed by atoms with Crippen LogP contribution in [0.25, 0.3) is 0 Å². The minimum Gasteiger partial charge on any atom is -0.387 e. The molecule has 2 saturated heterocycles. The van der Waals surface area contributed by atoms with Crippen molar-refractivity contribution < 1.29 is 9.90 Å². The van der Waals surface area contributed by atoms with Gasteiger partial charge in [-0.1, -0.05) is 31.2 Å². The SMILES string of the molecule is C[C@@H]1C[C@@H](O)c2ncnc(N3CCN(C(=O)C(c4ccc(C5CC5)cc4)C4CCCN4C)CC3)c21. The average molecular weight is 476 g/mol. The van der Waals surface area contributed by atoms with E-state index in [1.165, 1.54) is 18.4 Å². The van der Waals surface area contributed by atoms with E-state index in [9.17, 15) is 9.90 Å². The van der Waals surface area contributed by atoms with Gasteiger partial charge in [-0.15, -0.1) is 0 Å². The minimum atomic E-state index is -0.500. The number of carbonyl (C=O) groups excluding carboxylic acids is 1. The van der Waals surface area contributed by atoms with Crippen molar-refractivity contribution in [2.24, 2.45) is 0 Å². The molecule has 4 atom stereocenters. The van der Waals surface area contributed by atoms with E-state index in [1.54, 1.807) is 6.33 Å². The molecule has 0 radical (unpaired) electrons. The Morgan fingerprint density at radius 2 is 1.77 bits per heavy atom. The summed E-state index contributed by atoms with van der Waals surface area (Å²) in [5.74, 6) is 2.07. The molecule has 3 heterocycles. The lowest BCUT2D eigenvalue weighted by atomic mass is 9.87. The van der Waals surface area contributed by atoms with Crippen LogP contribution in [0.4, 0.5) is 5.82 Å². The highest BCUT2D eigenvalue weighted by Gasteiger charge is 2.39. The molecule has 6 rings (SSSR count). The lowest BCUT2D eigenvalue weighted by Gasteiger charge is -2.39. The van der Waals surface area contributed by atoms with Gasteiger partial charge in [0.05, 0.1) is 17.7 Å². The topological polar surface area (TPSA) is 72.8 Å². The van der Waals surface area contributed by atoms with Gasteiger partial charge in [-0.25, -0.2) is 9.97 Å². The zero-order chi connectivity index (χ0) is 24.1. The fraction of sp³-hybridized carbons (Fsp3) is 0.607. The molecule has 0 spiro atoms. The summed E-state index contributed by atoms with van der Waals surface area (Å²) in [6, 6.07) is 9.21. The molecule has 0 bridgehead atoms. The van der Waals surface area contributed by atoms with Crippen LogP contribution in [0.1, 0.15) is 85.3 Å². The lowest BCUT2D eigenvalue weighted by molar-refractivity contribution is -0.134. The Hall–Kier alpha value is -2.51. The molecule has 1 amide bonds. The number of rotatable bonds is 5. The summed E-state index contributed by atoms with van der Waals surface area (Å²) < 4.78 is 0. The van der Waals surface area contributed by atoms with Crippen LogP contribution in [0.2, 0.25) is 0 Å². The number of amides is 1. The summed E-state index contributed by atoms with van der Waals surface area (Å²) in [7, 11) is 2.17. The molecule has 1 aromatic heterocycles. The second kappa shape index (κ2) is 9.17. The smallest absolute Gasteiger partial charge is 0.231 e. The summed E-state index contributed by atoms with van der Waals surface area (Å²) in [5.41, 5.74) is 4.45. The van der Waals surface area contributed by atoms with Crippen molar-refractivity contribution in [3.8, 4) is 0 Å². The Morgan fingerprint density at radius 1 is 1.03 bits per heavy atom. The van der Waals surface area contributed by atoms with E-state index >= 15 is 0 Å². The number of nitrogens with zero attached hydrogens (tertiary/aromatic N) is 5. The van der Waals surface area contributed by atoms with Gasteiger partial charge in [0.15, 0.2) is 0 Å². The Kier molecular flexibility index (Phi) is 6.01. The quantitative estimate of drug-likeness (QED) is 0.715. The zero-order valence-electron chi connectivity index (χ0n) is 20.9. The van der Waals surface area contributed by atoms with Crippen LogP contribution in [0.15, 0.2) is 30.6 Å². The van der Waals surface area contributed by atoms with Gasteiger partial charge in [0, 0.05) is 37.8 Å². The number of likely N-dealkylation sites (N-methyl/N-ethyl adjacent to an activating group) is 1. The first-order valence-corrected chi connectivity index (χ1v) is 13.4. The molecule has 35 heavy (non-hydrogen) atoms. The predicted molar refractivity (Wildman–Crippen MR) is 136 cm³/mol. The van der Waals surface area contributed by atoms with Crippen molar-refractivity contribution in [1.82, 2.24) is 19.8 Å². The van der Waals surface area contributed by atoms with Crippen LogP contribution in [-0.2, 0) is 4.79 Å². The van der Waals surface area contributed by atoms with E-state index < -0.39 is 6.10 Å². The van der Waals surface area contributed by atoms with Crippen molar-refractivity contribution in [3.05, 3.63) is 53.0 Å². The van der Waals surface area contributed by atoms with Crippen LogP contribution in [0.3, 0.4) is 0 Å². The Labute approximate surface area is 208 Å². The molecule has 2 unspecified atom stereocenters. The summed E-state index contributed by atoms with van der Waals surface area (Å²) in [6.45, 7) is 6.10. The first-order valence-electron chi connectivity index (χ1n) is 13.4. The van der Waals surface area contributed by atoms with E-state index in [1.807, 2.05) is 0 Å². The summed E-state index contributed by atoms with van der Waals surface area (Å²) >= 11 is 0. The molecule has 1 aromatic carbocycles. The van der Waals surface area contributed by atoms with Crippen LogP contribution in [0, 0.1) is 0 Å². The number of fused-ring (bicyclic) bond motifs is 1. The average Bonchev–Trinajstić information content (AvgIpc) is 3.59. The highest BCUT2D eigenvalue weighted by Crippen LogP contribution is 2.43. The molecular formula is C28H37N5O2. The fourth-order valence-corrected chi connectivity index (χ4v) is 6.57. The maximum Gasteiger partial charge on any atom is 0.231 e. The van der Waals surface area contributed by atoms with Gasteiger partial charge in [0.1, 0.15) is 12.1 Å².